The Balaban J connectivity index is 1.18. The Hall–Kier alpha value is -5.82. The van der Waals surface area contributed by atoms with Crippen LogP contribution < -0.4 is 11.0 Å². The maximum Gasteiger partial charge on any atom is 0.343 e. The summed E-state index contributed by atoms with van der Waals surface area (Å²) >= 11 is 0. The van der Waals surface area contributed by atoms with Gasteiger partial charge in [-0.3, -0.25) is 9.59 Å². The van der Waals surface area contributed by atoms with Crippen molar-refractivity contribution in [2.24, 2.45) is 0 Å². The lowest BCUT2D eigenvalue weighted by atomic mass is 10.2. The number of carbonyl (C=O) groups is 4. The van der Waals surface area contributed by atoms with Gasteiger partial charge in [0, 0.05) is 50.0 Å². The molecule has 0 aliphatic carbocycles. The van der Waals surface area contributed by atoms with Gasteiger partial charge in [-0.2, -0.15) is 11.0 Å². The highest BCUT2D eigenvalue weighted by molar-refractivity contribution is 7.90. The van der Waals surface area contributed by atoms with E-state index in [-0.39, 0.29) is 9.79 Å². The van der Waals surface area contributed by atoms with Crippen LogP contribution in [0.15, 0.2) is 107 Å². The number of carbonyl (C=O) groups excluding carboxylic acids is 4. The molecule has 0 radical (unpaired) electrons. The van der Waals surface area contributed by atoms with Gasteiger partial charge < -0.3 is 19.5 Å². The van der Waals surface area contributed by atoms with Gasteiger partial charge in [-0.1, -0.05) is 24.3 Å². The molecule has 16 nitrogen and oxygen atoms in total. The first kappa shape index (κ1) is 40.0. The van der Waals surface area contributed by atoms with Gasteiger partial charge in [-0.15, -0.1) is 0 Å². The van der Waals surface area contributed by atoms with Crippen molar-refractivity contribution < 1.29 is 45.7 Å². The normalized spacial score (nSPS) is 12.0. The smallest absolute Gasteiger partial charge is 0.340 e. The second-order valence-corrected chi connectivity index (χ2v) is 15.7. The van der Waals surface area contributed by atoms with Crippen molar-refractivity contribution in [2.45, 2.75) is 29.3 Å². The number of benzene rings is 2. The van der Waals surface area contributed by atoms with Crippen molar-refractivity contribution in [3.8, 4) is 0 Å². The van der Waals surface area contributed by atoms with Crippen LogP contribution in [0, 0.1) is 0 Å². The summed E-state index contributed by atoms with van der Waals surface area (Å²) in [5, 5.41) is 0. The third-order valence-corrected chi connectivity index (χ3v) is 10.3. The summed E-state index contributed by atoms with van der Waals surface area (Å²) in [4.78, 5) is 61.2. The van der Waals surface area contributed by atoms with Gasteiger partial charge >= 0.3 is 11.9 Å². The molecule has 4 rings (SSSR count). The number of hydroxylamine groups is 2. The minimum Gasteiger partial charge on any atom is -0.340 e. The Morgan fingerprint density at radius 1 is 0.604 bits per heavy atom. The molecule has 2 N–H and O–H groups in total. The summed E-state index contributed by atoms with van der Waals surface area (Å²) < 4.78 is 53.9. The highest BCUT2D eigenvalue weighted by Crippen LogP contribution is 2.19. The van der Waals surface area contributed by atoms with E-state index in [9.17, 15) is 36.0 Å². The van der Waals surface area contributed by atoms with E-state index in [0.29, 0.717) is 24.2 Å². The van der Waals surface area contributed by atoms with E-state index in [1.54, 1.807) is 24.3 Å². The van der Waals surface area contributed by atoms with E-state index in [0.717, 1.165) is 31.2 Å². The summed E-state index contributed by atoms with van der Waals surface area (Å²) in [5.41, 5.74) is 6.25. The van der Waals surface area contributed by atoms with Crippen molar-refractivity contribution in [2.75, 3.05) is 28.2 Å². The van der Waals surface area contributed by atoms with Gasteiger partial charge in [0.2, 0.25) is 0 Å². The standard InChI is InChI=1S/C35H38N6O10S2/c1-38(2)22-26-5-11-30(12-6-26)52(46,47)40-19-17-28(24-40)9-15-32(42)36-50-34(44)21-35(45)51-37-33(43)16-10-29-18-20-41(25-29)53(48,49)31-13-7-27(8-14-31)23-39(3)4/h5-20,24-25H,21-23H2,1-4H3,(H,36,42)(H,37,43)/b15-9+,16-10+. The van der Waals surface area contributed by atoms with Crippen molar-refractivity contribution in [1.29, 1.82) is 0 Å². The van der Waals surface area contributed by atoms with Crippen LogP contribution in [0.25, 0.3) is 12.2 Å². The number of aromatic nitrogens is 2. The molecule has 0 saturated heterocycles. The number of nitrogens with one attached hydrogen (secondary N) is 2. The Kier molecular flexibility index (Phi) is 13.3. The molecule has 0 aliphatic rings. The monoisotopic (exact) mass is 766 g/mol. The number of rotatable bonds is 14. The molecule has 4 aromatic rings. The van der Waals surface area contributed by atoms with Gasteiger partial charge in [0.05, 0.1) is 9.79 Å². The van der Waals surface area contributed by atoms with E-state index < -0.39 is 50.2 Å². The summed E-state index contributed by atoms with van der Waals surface area (Å²) in [6.45, 7) is 1.31. The summed E-state index contributed by atoms with van der Waals surface area (Å²) in [5.74, 6) is -4.19. The molecule has 2 aromatic carbocycles. The molecule has 0 atom stereocenters. The minimum atomic E-state index is -3.87. The van der Waals surface area contributed by atoms with Gasteiger partial charge in [0.15, 0.2) is 0 Å². The summed E-state index contributed by atoms with van der Waals surface area (Å²) in [6, 6.07) is 15.9. The first-order valence-corrected chi connectivity index (χ1v) is 18.6. The van der Waals surface area contributed by atoms with E-state index >= 15 is 0 Å². The van der Waals surface area contributed by atoms with Gasteiger partial charge in [-0.05, 0) is 99.0 Å². The van der Waals surface area contributed by atoms with E-state index in [1.807, 2.05) is 49.0 Å². The predicted molar refractivity (Wildman–Crippen MR) is 193 cm³/mol. The molecular formula is C35H38N6O10S2. The largest absolute Gasteiger partial charge is 0.343 e. The van der Waals surface area contributed by atoms with Crippen LogP contribution in [-0.2, 0) is 62.0 Å². The van der Waals surface area contributed by atoms with E-state index in [1.165, 1.54) is 73.3 Å². The quantitative estimate of drug-likeness (QED) is 0.108. The van der Waals surface area contributed by atoms with Crippen LogP contribution >= 0.6 is 0 Å². The fourth-order valence-corrected chi connectivity index (χ4v) is 7.02. The molecule has 18 heteroatoms. The number of hydrogen-bond donors (Lipinski definition) is 2. The zero-order chi connectivity index (χ0) is 38.8. The second-order valence-electron chi connectivity index (χ2n) is 12.0. The first-order chi connectivity index (χ1) is 25.0. The maximum absolute atomic E-state index is 13.0. The molecule has 2 aromatic heterocycles. The van der Waals surface area contributed by atoms with Crippen LogP contribution in [0.3, 0.4) is 0 Å². The number of nitrogens with zero attached hydrogens (tertiary/aromatic N) is 4. The molecule has 2 heterocycles. The number of hydrogen-bond acceptors (Lipinski definition) is 12. The predicted octanol–water partition coefficient (Wildman–Crippen LogP) is 2.15. The van der Waals surface area contributed by atoms with E-state index in [2.05, 4.69) is 9.68 Å². The van der Waals surface area contributed by atoms with Crippen molar-refractivity contribution in [1.82, 2.24) is 28.7 Å². The van der Waals surface area contributed by atoms with Crippen LogP contribution in [0.4, 0.5) is 0 Å². The average molecular weight is 767 g/mol. The topological polar surface area (TPSA) is 195 Å². The van der Waals surface area contributed by atoms with Crippen LogP contribution in [0.1, 0.15) is 28.7 Å². The molecule has 0 bridgehead atoms. The third-order valence-electron chi connectivity index (χ3n) is 7.05. The number of amides is 2. The molecule has 0 unspecified atom stereocenters. The minimum absolute atomic E-state index is 0.0877. The first-order valence-electron chi connectivity index (χ1n) is 15.7. The van der Waals surface area contributed by atoms with Crippen molar-refractivity contribution in [3.63, 3.8) is 0 Å². The lowest BCUT2D eigenvalue weighted by Gasteiger charge is -2.10. The van der Waals surface area contributed by atoms with Gasteiger partial charge in [-0.25, -0.2) is 34.4 Å². The van der Waals surface area contributed by atoms with Crippen LogP contribution in [-0.4, -0.2) is 86.5 Å². The fraction of sp³-hybridized carbons (Fsp3) is 0.200. The summed E-state index contributed by atoms with van der Waals surface area (Å²) in [7, 11) is -0.132. The highest BCUT2D eigenvalue weighted by atomic mass is 32.2. The zero-order valence-electron chi connectivity index (χ0n) is 29.2. The van der Waals surface area contributed by atoms with Crippen molar-refractivity contribution >= 4 is 56.0 Å². The Bertz CT molecular complexity index is 2060. The molecular weight excluding hydrogens is 729 g/mol. The third kappa shape index (κ3) is 11.6. The van der Waals surface area contributed by atoms with Gasteiger partial charge in [0.1, 0.15) is 6.42 Å². The van der Waals surface area contributed by atoms with Crippen LogP contribution in [0.5, 0.6) is 0 Å². The lowest BCUT2D eigenvalue weighted by molar-refractivity contribution is -0.167. The molecule has 2 amide bonds. The second kappa shape index (κ2) is 17.6. The lowest BCUT2D eigenvalue weighted by Crippen LogP contribution is -2.30. The Morgan fingerprint density at radius 3 is 1.30 bits per heavy atom. The SMILES string of the molecule is CN(C)Cc1ccc(S(=O)(=O)n2ccc(/C=C/C(=O)NOC(=O)CC(=O)ONC(=O)/C=C/c3ccn(S(=O)(=O)c4ccc(CN(C)C)cc4)c3)c2)cc1. The zero-order valence-corrected chi connectivity index (χ0v) is 30.8. The molecule has 0 fully saturated rings. The maximum atomic E-state index is 13.0. The molecule has 0 spiro atoms. The highest BCUT2D eigenvalue weighted by Gasteiger charge is 2.19. The molecule has 0 aliphatic heterocycles. The average Bonchev–Trinajstić information content (AvgIpc) is 3.79. The molecule has 280 valence electrons. The Morgan fingerprint density at radius 2 is 0.962 bits per heavy atom. The van der Waals surface area contributed by atoms with Crippen molar-refractivity contribution in [3.05, 3.63) is 120 Å². The van der Waals surface area contributed by atoms with E-state index in [4.69, 9.17) is 0 Å². The fourth-order valence-electron chi connectivity index (χ4n) is 4.60. The van der Waals surface area contributed by atoms with Gasteiger partial charge in [0.25, 0.3) is 31.9 Å². The summed E-state index contributed by atoms with van der Waals surface area (Å²) in [6.07, 6.45) is 8.79. The Labute approximate surface area is 306 Å². The van der Waals surface area contributed by atoms with Crippen LogP contribution in [0.2, 0.25) is 0 Å². The molecule has 0 saturated carbocycles. The molecule has 53 heavy (non-hydrogen) atoms.